The summed E-state index contributed by atoms with van der Waals surface area (Å²) in [4.78, 5) is 68.9. The number of aliphatic hydroxyl groups is 2. The van der Waals surface area contributed by atoms with E-state index in [0.717, 1.165) is 30.3 Å². The molecule has 8 aromatic rings. The smallest absolute Gasteiger partial charge is 0.415 e. The molecule has 2 aromatic carbocycles. The number of hydrogen-bond acceptors (Lipinski definition) is 19. The van der Waals surface area contributed by atoms with Crippen LogP contribution in [0, 0.1) is 49.2 Å². The number of alkyl halides is 2. The van der Waals surface area contributed by atoms with E-state index in [0.29, 0.717) is 105 Å². The Morgan fingerprint density at radius 1 is 0.720 bits per heavy atom. The van der Waals surface area contributed by atoms with Gasteiger partial charge in [-0.1, -0.05) is 23.2 Å². The SMILES string of the molecule is CNc1cc(F)cc2c1[nH]c1nc(Oc3cnc(C)nc3)nc(N3CC4CC(O)C4C3)c12.Cc1ncc(Oc2nc(N3CC4CC(O)C4C3)c3c(n2)[nH]c2c(N(C)C(=O)OCCl)cc(F)cc23)cn1.O=C(Cl)OCCl. The maximum atomic E-state index is 14.9. The van der Waals surface area contributed by atoms with Gasteiger partial charge in [-0.05, 0) is 62.8 Å². The van der Waals surface area contributed by atoms with Crippen LogP contribution in [0.25, 0.3) is 43.9 Å². The summed E-state index contributed by atoms with van der Waals surface area (Å²) in [5.41, 5.74) is 2.18. The topological polar surface area (TPSA) is 268 Å². The van der Waals surface area contributed by atoms with Crippen molar-refractivity contribution < 1.29 is 47.5 Å². The van der Waals surface area contributed by atoms with Gasteiger partial charge in [0.25, 0.3) is 0 Å². The number of amides is 1. The molecule has 75 heavy (non-hydrogen) atoms. The minimum atomic E-state index is -0.870. The summed E-state index contributed by atoms with van der Waals surface area (Å²) in [7, 11) is 3.21. The van der Waals surface area contributed by atoms with E-state index in [4.69, 9.17) is 47.4 Å². The van der Waals surface area contributed by atoms with Gasteiger partial charge in [0.15, 0.2) is 23.6 Å². The van der Waals surface area contributed by atoms with Gasteiger partial charge >= 0.3 is 23.5 Å². The van der Waals surface area contributed by atoms with Gasteiger partial charge in [-0.15, -0.1) is 0 Å². The van der Waals surface area contributed by atoms with E-state index in [1.807, 2.05) is 0 Å². The number of anilines is 4. The van der Waals surface area contributed by atoms with E-state index in [-0.39, 0.29) is 59.7 Å². The molecule has 4 aliphatic rings. The lowest BCUT2D eigenvalue weighted by atomic mass is 9.74. The largest absolute Gasteiger partial charge is 0.437 e. The predicted octanol–water partition coefficient (Wildman–Crippen LogP) is 8.28. The van der Waals surface area contributed by atoms with Gasteiger partial charge in [0.1, 0.15) is 46.2 Å². The highest BCUT2D eigenvalue weighted by molar-refractivity contribution is 6.61. The maximum Gasteiger partial charge on any atom is 0.415 e. The van der Waals surface area contributed by atoms with Gasteiger partial charge in [0.2, 0.25) is 0 Å². The Morgan fingerprint density at radius 2 is 1.19 bits per heavy atom. The predicted molar refractivity (Wildman–Crippen MR) is 274 cm³/mol. The van der Waals surface area contributed by atoms with Gasteiger partial charge in [0.05, 0.1) is 70.2 Å². The first-order valence-corrected chi connectivity index (χ1v) is 24.9. The van der Waals surface area contributed by atoms with Crippen molar-refractivity contribution in [2.45, 2.75) is 38.9 Å². The van der Waals surface area contributed by atoms with Crippen LogP contribution in [0.4, 0.5) is 41.4 Å². The summed E-state index contributed by atoms with van der Waals surface area (Å²) in [6, 6.07) is 5.23. The number of H-pyrrole nitrogens is 2. The Bertz CT molecular complexity index is 3450. The van der Waals surface area contributed by atoms with Crippen LogP contribution in [0.2, 0.25) is 0 Å². The zero-order valence-corrected chi connectivity index (χ0v) is 42.7. The Hall–Kier alpha value is -7.25. The van der Waals surface area contributed by atoms with E-state index in [9.17, 15) is 28.6 Å². The van der Waals surface area contributed by atoms with Crippen molar-refractivity contribution in [1.82, 2.24) is 49.8 Å². The number of carbonyl (C=O) groups excluding carboxylic acids is 2. The molecule has 22 nitrogen and oxygen atoms in total. The minimum Gasteiger partial charge on any atom is -0.437 e. The third-order valence-corrected chi connectivity index (χ3v) is 14.1. The summed E-state index contributed by atoms with van der Waals surface area (Å²) < 4.78 is 49.8. The summed E-state index contributed by atoms with van der Waals surface area (Å²) in [6.07, 6.45) is 6.37. The number of carbonyl (C=O) groups is 2. The second-order valence-electron chi connectivity index (χ2n) is 18.3. The van der Waals surface area contributed by atoms with Crippen LogP contribution < -0.4 is 29.5 Å². The van der Waals surface area contributed by atoms with Crippen LogP contribution in [0.15, 0.2) is 49.1 Å². The first-order chi connectivity index (χ1) is 36.1. The fourth-order valence-corrected chi connectivity index (χ4v) is 10.4. The van der Waals surface area contributed by atoms with Gasteiger partial charge in [-0.2, -0.15) is 19.9 Å². The average molecular weight is 1090 g/mol. The lowest BCUT2D eigenvalue weighted by Gasteiger charge is -2.34. The number of hydrogen-bond donors (Lipinski definition) is 5. The summed E-state index contributed by atoms with van der Waals surface area (Å²) in [5.74, 6) is 3.49. The van der Waals surface area contributed by atoms with Crippen molar-refractivity contribution in [3.63, 3.8) is 0 Å². The van der Waals surface area contributed by atoms with Gasteiger partial charge < -0.3 is 54.2 Å². The number of ether oxygens (including phenoxy) is 4. The zero-order valence-electron chi connectivity index (χ0n) is 40.4. The molecule has 0 spiro atoms. The molecule has 4 fully saturated rings. The van der Waals surface area contributed by atoms with Crippen LogP contribution in [-0.2, 0) is 9.47 Å². The van der Waals surface area contributed by atoms with E-state index in [2.05, 4.69) is 71.3 Å². The zero-order chi connectivity index (χ0) is 52.8. The van der Waals surface area contributed by atoms with Crippen molar-refractivity contribution in [2.75, 3.05) is 72.4 Å². The van der Waals surface area contributed by atoms with Crippen LogP contribution in [0.5, 0.6) is 23.5 Å². The molecule has 0 bridgehead atoms. The van der Waals surface area contributed by atoms with Crippen LogP contribution in [-0.4, -0.2) is 136 Å². The first-order valence-electron chi connectivity index (χ1n) is 23.5. The lowest BCUT2D eigenvalue weighted by molar-refractivity contribution is -0.00420. The fourth-order valence-electron chi connectivity index (χ4n) is 10.1. The Morgan fingerprint density at radius 3 is 1.61 bits per heavy atom. The quantitative estimate of drug-likeness (QED) is 0.0637. The normalized spacial score (nSPS) is 20.3. The molecule has 2 saturated carbocycles. The third kappa shape index (κ3) is 10.3. The summed E-state index contributed by atoms with van der Waals surface area (Å²) >= 11 is 15.1. The average Bonchev–Trinajstić information content (AvgIpc) is 4.15. The Balaban J connectivity index is 0.000000156. The Kier molecular flexibility index (Phi) is 14.5. The molecule has 1 amide bonds. The monoisotopic (exact) mass is 1090 g/mol. The van der Waals surface area contributed by atoms with Crippen LogP contribution >= 0.6 is 34.8 Å². The van der Waals surface area contributed by atoms with Crippen molar-refractivity contribution in [2.24, 2.45) is 23.7 Å². The number of nitrogens with zero attached hydrogens (tertiary/aromatic N) is 11. The molecule has 8 heterocycles. The number of halogens is 5. The molecular weight excluding hydrogens is 1040 g/mol. The van der Waals surface area contributed by atoms with Crippen molar-refractivity contribution in [3.05, 3.63) is 72.3 Å². The highest BCUT2D eigenvalue weighted by atomic mass is 35.5. The maximum absolute atomic E-state index is 14.9. The number of benzene rings is 2. The Labute approximate surface area is 439 Å². The van der Waals surface area contributed by atoms with E-state index < -0.39 is 17.3 Å². The number of aryl methyl sites for hydroxylation is 2. The molecule has 2 aliphatic heterocycles. The van der Waals surface area contributed by atoms with Crippen LogP contribution in [0.1, 0.15) is 24.5 Å². The van der Waals surface area contributed by atoms with Crippen molar-refractivity contribution in [3.8, 4) is 23.5 Å². The van der Waals surface area contributed by atoms with Gasteiger partial charge in [-0.3, -0.25) is 4.90 Å². The molecule has 12 rings (SSSR count). The second kappa shape index (κ2) is 21.2. The molecule has 27 heteroatoms. The number of aliphatic hydroxyl groups excluding tert-OH is 2. The summed E-state index contributed by atoms with van der Waals surface area (Å²) in [6.45, 7) is 6.32. The van der Waals surface area contributed by atoms with Crippen molar-refractivity contribution in [1.29, 1.82) is 0 Å². The fraction of sp³-hybridized carbons (Fsp3) is 0.375. The molecule has 6 unspecified atom stereocenters. The summed E-state index contributed by atoms with van der Waals surface area (Å²) in [5, 5.41) is 25.9. The molecule has 5 N–H and O–H groups in total. The number of nitrogens with one attached hydrogen (secondary N) is 3. The molecular formula is C48H47Cl3F2N14O8. The highest BCUT2D eigenvalue weighted by Gasteiger charge is 2.48. The number of rotatable bonds is 10. The number of aromatic amines is 2. The molecule has 6 atom stereocenters. The van der Waals surface area contributed by atoms with E-state index >= 15 is 0 Å². The van der Waals surface area contributed by atoms with E-state index in [1.54, 1.807) is 33.3 Å². The molecule has 6 aromatic heterocycles. The second-order valence-corrected chi connectivity index (χ2v) is 19.0. The standard InChI is InChI=1S/C24H23ClFN7O4.C22H22FN7O2.C2H2Cl2O2/c1-11-27-6-14(7-28-11)37-23-30-21-19(22(31-23)33-8-12-3-18(34)16(12)9-33)15-4-13(26)5-17(20(15)29-21)32(2)24(35)36-10-25;1-10-25-6-13(7-26-10)32-22-28-20-18(14-4-12(23)5-16(24-2)19(14)27-20)21(29-22)30-8-11-3-17(31)15(11)9-30;3-1-6-2(4)5/h4-7,12,16,18,34H,3,8-10H2,1-2H3,(H,29,30,31);4-7,11,15,17,24,31H,3,8-9H2,1-2H3,(H,27,28,29);1H2. The van der Waals surface area contributed by atoms with Crippen LogP contribution in [0.3, 0.4) is 0 Å². The molecule has 2 saturated heterocycles. The van der Waals surface area contributed by atoms with Gasteiger partial charge in [0, 0.05) is 74.5 Å². The number of aromatic nitrogens is 10. The minimum absolute atomic E-state index is 0.0539. The van der Waals surface area contributed by atoms with E-state index in [1.165, 1.54) is 48.6 Å². The first kappa shape index (κ1) is 51.2. The molecule has 2 aliphatic carbocycles. The highest BCUT2D eigenvalue weighted by Crippen LogP contribution is 2.47. The third-order valence-electron chi connectivity index (χ3n) is 13.8. The lowest BCUT2D eigenvalue weighted by Crippen LogP contribution is -2.39. The number of fused-ring (bicyclic) bond motifs is 8. The molecule has 392 valence electrons. The van der Waals surface area contributed by atoms with Crippen molar-refractivity contribution >= 4 is 113 Å². The van der Waals surface area contributed by atoms with Gasteiger partial charge in [-0.25, -0.2) is 38.3 Å². The molecule has 0 radical (unpaired) electrons.